The van der Waals surface area contributed by atoms with Crippen LogP contribution in [0.5, 0.6) is 0 Å². The molecule has 0 saturated carbocycles. The number of carbonyl (C=O) groups excluding carboxylic acids is 2. The topological polar surface area (TPSA) is 49.4 Å². The van der Waals surface area contributed by atoms with Crippen molar-refractivity contribution in [3.63, 3.8) is 0 Å². The first-order valence-corrected chi connectivity index (χ1v) is 9.08. The van der Waals surface area contributed by atoms with Crippen molar-refractivity contribution in [1.29, 1.82) is 0 Å². The van der Waals surface area contributed by atoms with Crippen LogP contribution < -0.4 is 5.32 Å². The second-order valence-corrected chi connectivity index (χ2v) is 6.95. The second kappa shape index (κ2) is 8.86. The van der Waals surface area contributed by atoms with Crippen LogP contribution in [0.3, 0.4) is 0 Å². The summed E-state index contributed by atoms with van der Waals surface area (Å²) in [6.07, 6.45) is 0.290. The molecule has 5 heteroatoms. The van der Waals surface area contributed by atoms with Crippen molar-refractivity contribution in [3.05, 3.63) is 63.7 Å². The monoisotopic (exact) mass is 372 g/mol. The highest BCUT2D eigenvalue weighted by atomic mass is 35.5. The zero-order chi connectivity index (χ0) is 19.3. The Morgan fingerprint density at radius 1 is 1.00 bits per heavy atom. The maximum absolute atomic E-state index is 12.6. The predicted octanol–water partition coefficient (Wildman–Crippen LogP) is 4.29. The molecule has 0 saturated heterocycles. The Morgan fingerprint density at radius 2 is 1.69 bits per heavy atom. The molecular formula is C21H25ClN2O2. The fraction of sp³-hybridized carbons (Fsp3) is 0.333. The molecule has 0 aromatic heterocycles. The van der Waals surface area contributed by atoms with Gasteiger partial charge in [0.25, 0.3) is 0 Å². The van der Waals surface area contributed by atoms with Gasteiger partial charge in [-0.1, -0.05) is 35.9 Å². The number of nitrogens with one attached hydrogen (secondary N) is 1. The zero-order valence-corrected chi connectivity index (χ0v) is 16.5. The molecule has 0 aliphatic heterocycles. The van der Waals surface area contributed by atoms with Crippen LogP contribution in [0, 0.1) is 20.8 Å². The highest BCUT2D eigenvalue weighted by Crippen LogP contribution is 2.20. The van der Waals surface area contributed by atoms with E-state index in [-0.39, 0.29) is 18.4 Å². The number of aryl methyl sites for hydroxylation is 3. The van der Waals surface area contributed by atoms with Crippen molar-refractivity contribution in [2.24, 2.45) is 0 Å². The summed E-state index contributed by atoms with van der Waals surface area (Å²) in [7, 11) is 0. The van der Waals surface area contributed by atoms with Gasteiger partial charge in [0.15, 0.2) is 0 Å². The fourth-order valence-corrected chi connectivity index (χ4v) is 2.84. The highest BCUT2D eigenvalue weighted by molar-refractivity contribution is 6.31. The lowest BCUT2D eigenvalue weighted by atomic mass is 10.0. The van der Waals surface area contributed by atoms with E-state index < -0.39 is 0 Å². The molecule has 2 amide bonds. The summed E-state index contributed by atoms with van der Waals surface area (Å²) < 4.78 is 0. The smallest absolute Gasteiger partial charge is 0.244 e. The van der Waals surface area contributed by atoms with Gasteiger partial charge in [-0.25, -0.2) is 0 Å². The van der Waals surface area contributed by atoms with E-state index in [1.807, 2.05) is 52.0 Å². The minimum Gasteiger partial charge on any atom is -0.333 e. The van der Waals surface area contributed by atoms with Gasteiger partial charge in [0.2, 0.25) is 11.8 Å². The van der Waals surface area contributed by atoms with Gasteiger partial charge >= 0.3 is 0 Å². The lowest BCUT2D eigenvalue weighted by Gasteiger charge is -2.21. The lowest BCUT2D eigenvalue weighted by molar-refractivity contribution is -0.133. The maximum atomic E-state index is 12.6. The number of amides is 2. The Labute approximate surface area is 160 Å². The van der Waals surface area contributed by atoms with E-state index in [0.29, 0.717) is 23.7 Å². The van der Waals surface area contributed by atoms with Crippen LogP contribution in [0.25, 0.3) is 0 Å². The molecule has 0 fully saturated rings. The van der Waals surface area contributed by atoms with Crippen LogP contribution in [0.1, 0.15) is 29.2 Å². The quantitative estimate of drug-likeness (QED) is 0.822. The fourth-order valence-electron chi connectivity index (χ4n) is 2.67. The molecular weight excluding hydrogens is 348 g/mol. The van der Waals surface area contributed by atoms with E-state index in [0.717, 1.165) is 16.7 Å². The maximum Gasteiger partial charge on any atom is 0.244 e. The van der Waals surface area contributed by atoms with Crippen LogP contribution in [-0.2, 0) is 16.0 Å². The first-order chi connectivity index (χ1) is 12.3. The molecule has 4 nitrogen and oxygen atoms in total. The molecule has 0 heterocycles. The molecule has 0 aliphatic carbocycles. The van der Waals surface area contributed by atoms with Gasteiger partial charge in [0.05, 0.1) is 13.0 Å². The normalized spacial score (nSPS) is 10.5. The van der Waals surface area contributed by atoms with Gasteiger partial charge in [-0.15, -0.1) is 0 Å². The van der Waals surface area contributed by atoms with E-state index >= 15 is 0 Å². The van der Waals surface area contributed by atoms with Crippen LogP contribution in [-0.4, -0.2) is 29.8 Å². The highest BCUT2D eigenvalue weighted by Gasteiger charge is 2.17. The molecule has 0 radical (unpaired) electrons. The van der Waals surface area contributed by atoms with Crippen molar-refractivity contribution < 1.29 is 9.59 Å². The number of benzene rings is 2. The third-order valence-corrected chi connectivity index (χ3v) is 4.70. The Hall–Kier alpha value is -2.33. The first kappa shape index (κ1) is 20.0. The molecule has 0 unspecified atom stereocenters. The summed E-state index contributed by atoms with van der Waals surface area (Å²) in [6.45, 7) is 8.34. The van der Waals surface area contributed by atoms with E-state index in [9.17, 15) is 9.59 Å². The average Bonchev–Trinajstić information content (AvgIpc) is 2.59. The number of hydrogen-bond donors (Lipinski definition) is 1. The standard InChI is InChI=1S/C21H25ClN2O2/c1-5-24(21(26)11-17-8-6-14(2)16(4)10-17)13-20(25)23-19-12-18(22)9-7-15(19)3/h6-10,12H,5,11,13H2,1-4H3,(H,23,25). The summed E-state index contributed by atoms with van der Waals surface area (Å²) in [5.41, 5.74) is 4.91. The van der Waals surface area contributed by atoms with Gasteiger partial charge in [-0.3, -0.25) is 9.59 Å². The van der Waals surface area contributed by atoms with Crippen molar-refractivity contribution >= 4 is 29.1 Å². The van der Waals surface area contributed by atoms with Gasteiger partial charge in [0.1, 0.15) is 0 Å². The summed E-state index contributed by atoms with van der Waals surface area (Å²) >= 11 is 5.98. The molecule has 2 rings (SSSR count). The third-order valence-electron chi connectivity index (χ3n) is 4.47. The predicted molar refractivity (Wildman–Crippen MR) is 107 cm³/mol. The SMILES string of the molecule is CCN(CC(=O)Nc1cc(Cl)ccc1C)C(=O)Cc1ccc(C)c(C)c1. The molecule has 1 N–H and O–H groups in total. The molecule has 0 aliphatic rings. The van der Waals surface area contributed by atoms with Crippen LogP contribution >= 0.6 is 11.6 Å². The van der Waals surface area contributed by atoms with E-state index in [1.54, 1.807) is 17.0 Å². The van der Waals surface area contributed by atoms with Gasteiger partial charge < -0.3 is 10.2 Å². The molecule has 0 spiro atoms. The average molecular weight is 373 g/mol. The van der Waals surface area contributed by atoms with Gasteiger partial charge in [-0.2, -0.15) is 0 Å². The Kier molecular flexibility index (Phi) is 6.81. The molecule has 0 atom stereocenters. The Bertz CT molecular complexity index is 818. The van der Waals surface area contributed by atoms with E-state index in [1.165, 1.54) is 5.56 Å². The Morgan fingerprint density at radius 3 is 2.35 bits per heavy atom. The van der Waals surface area contributed by atoms with Gasteiger partial charge in [0, 0.05) is 17.3 Å². The Balaban J connectivity index is 2.00. The minimum absolute atomic E-state index is 0.0200. The summed E-state index contributed by atoms with van der Waals surface area (Å²) in [5.74, 6) is -0.292. The van der Waals surface area contributed by atoms with Crippen LogP contribution in [0.2, 0.25) is 5.02 Å². The minimum atomic E-state index is -0.231. The second-order valence-electron chi connectivity index (χ2n) is 6.51. The number of rotatable bonds is 6. The molecule has 2 aromatic rings. The number of carbonyl (C=O) groups is 2. The number of halogens is 1. The zero-order valence-electron chi connectivity index (χ0n) is 15.7. The van der Waals surface area contributed by atoms with Crippen molar-refractivity contribution in [2.75, 3.05) is 18.4 Å². The lowest BCUT2D eigenvalue weighted by Crippen LogP contribution is -2.38. The number of hydrogen-bond acceptors (Lipinski definition) is 2. The van der Waals surface area contributed by atoms with Crippen molar-refractivity contribution in [2.45, 2.75) is 34.1 Å². The molecule has 138 valence electrons. The first-order valence-electron chi connectivity index (χ1n) is 8.70. The number of nitrogens with zero attached hydrogens (tertiary/aromatic N) is 1. The van der Waals surface area contributed by atoms with E-state index in [2.05, 4.69) is 5.32 Å². The third kappa shape index (κ3) is 5.33. The molecule has 0 bridgehead atoms. The summed E-state index contributed by atoms with van der Waals surface area (Å²) in [5, 5.41) is 3.39. The van der Waals surface area contributed by atoms with E-state index in [4.69, 9.17) is 11.6 Å². The largest absolute Gasteiger partial charge is 0.333 e. The van der Waals surface area contributed by atoms with Crippen LogP contribution in [0.4, 0.5) is 5.69 Å². The van der Waals surface area contributed by atoms with Crippen molar-refractivity contribution in [3.8, 4) is 0 Å². The summed E-state index contributed by atoms with van der Waals surface area (Å²) in [6, 6.07) is 11.3. The molecule has 26 heavy (non-hydrogen) atoms. The summed E-state index contributed by atoms with van der Waals surface area (Å²) in [4.78, 5) is 26.5. The number of likely N-dealkylation sites (N-methyl/N-ethyl adjacent to an activating group) is 1. The molecule has 2 aromatic carbocycles. The number of anilines is 1. The van der Waals surface area contributed by atoms with Crippen molar-refractivity contribution in [1.82, 2.24) is 4.90 Å². The van der Waals surface area contributed by atoms with Crippen LogP contribution in [0.15, 0.2) is 36.4 Å². The van der Waals surface area contributed by atoms with Gasteiger partial charge in [-0.05, 0) is 62.1 Å².